The van der Waals surface area contributed by atoms with Gasteiger partial charge in [0.1, 0.15) is 6.10 Å². The zero-order chi connectivity index (χ0) is 24.0. The third kappa shape index (κ3) is 4.25. The van der Waals surface area contributed by atoms with Crippen molar-refractivity contribution in [1.82, 2.24) is 4.90 Å². The van der Waals surface area contributed by atoms with Crippen molar-refractivity contribution in [1.29, 1.82) is 0 Å². The minimum Gasteiger partial charge on any atom is -0.462 e. The Morgan fingerprint density at radius 3 is 2.41 bits per heavy atom. The molecule has 2 heterocycles. The van der Waals surface area contributed by atoms with E-state index in [2.05, 4.69) is 31.7 Å². The first-order valence-electron chi connectivity index (χ1n) is 13.8. The molecule has 7 heteroatoms. The fourth-order valence-corrected chi connectivity index (χ4v) is 8.97. The number of hydrogen-bond acceptors (Lipinski definition) is 7. The first-order valence-corrected chi connectivity index (χ1v) is 14.2. The molecule has 5 rings (SSSR count). The molecule has 0 N–H and O–H groups in total. The second-order valence-corrected chi connectivity index (χ2v) is 12.5. The predicted molar refractivity (Wildman–Crippen MR) is 133 cm³/mol. The zero-order valence-corrected chi connectivity index (χ0v) is 22.3. The van der Waals surface area contributed by atoms with Crippen molar-refractivity contribution in [2.45, 2.75) is 103 Å². The molecule has 0 aromatic rings. The van der Waals surface area contributed by atoms with Crippen molar-refractivity contribution < 1.29 is 23.2 Å². The molecule has 5 aliphatic rings. The summed E-state index contributed by atoms with van der Waals surface area (Å²) in [6.07, 6.45) is 11.2. The minimum atomic E-state index is -0.491. The van der Waals surface area contributed by atoms with Crippen LogP contribution in [0, 0.1) is 28.6 Å². The zero-order valence-electron chi connectivity index (χ0n) is 21.4. The van der Waals surface area contributed by atoms with Crippen molar-refractivity contribution >= 4 is 18.9 Å². The van der Waals surface area contributed by atoms with E-state index in [4.69, 9.17) is 18.4 Å². The molecular weight excluding hydrogens is 450 g/mol. The molecule has 3 saturated carbocycles. The molecule has 7 atom stereocenters. The van der Waals surface area contributed by atoms with Gasteiger partial charge >= 0.3 is 5.97 Å². The number of fused-ring (bicyclic) bond motifs is 2. The number of likely N-dealkylation sites (tertiary alicyclic amines) is 1. The van der Waals surface area contributed by atoms with Crippen molar-refractivity contribution in [3.63, 3.8) is 0 Å². The molecule has 0 bridgehead atoms. The number of thiol groups is 1. The van der Waals surface area contributed by atoms with Crippen LogP contribution in [0.15, 0.2) is 0 Å². The Kier molecular flexibility index (Phi) is 7.33. The van der Waals surface area contributed by atoms with E-state index in [-0.39, 0.29) is 34.9 Å². The molecule has 0 radical (unpaired) electrons. The summed E-state index contributed by atoms with van der Waals surface area (Å²) in [6, 6.07) is 0. The van der Waals surface area contributed by atoms with Gasteiger partial charge in [-0.05, 0) is 102 Å². The summed E-state index contributed by atoms with van der Waals surface area (Å²) in [7, 11) is 0. The molecule has 0 aromatic carbocycles. The normalized spacial score (nSPS) is 44.4. The second kappa shape index (κ2) is 9.85. The van der Waals surface area contributed by atoms with Gasteiger partial charge in [-0.1, -0.05) is 13.8 Å². The Hall–Kier alpha value is -0.340. The highest BCUT2D eigenvalue weighted by atomic mass is 32.1. The quantitative estimate of drug-likeness (QED) is 0.318. The molecular formula is C27H45NO5S. The Labute approximate surface area is 211 Å². The Bertz CT molecular complexity index is 739. The molecule has 34 heavy (non-hydrogen) atoms. The van der Waals surface area contributed by atoms with Crippen LogP contribution >= 0.6 is 12.9 Å². The van der Waals surface area contributed by atoms with Crippen molar-refractivity contribution in [2.24, 2.45) is 28.6 Å². The lowest BCUT2D eigenvalue weighted by molar-refractivity contribution is -0.252. The summed E-state index contributed by atoms with van der Waals surface area (Å²) in [5.41, 5.74) is 0.0179. The topological polar surface area (TPSA) is 57.2 Å². The van der Waals surface area contributed by atoms with Crippen LogP contribution < -0.4 is 0 Å². The van der Waals surface area contributed by atoms with E-state index >= 15 is 0 Å². The largest absolute Gasteiger partial charge is 0.462 e. The number of esters is 1. The van der Waals surface area contributed by atoms with E-state index in [0.29, 0.717) is 25.0 Å². The fraction of sp³-hybridized carbons (Fsp3) is 0.963. The van der Waals surface area contributed by atoms with Crippen LogP contribution in [0.2, 0.25) is 0 Å². The van der Waals surface area contributed by atoms with Crippen LogP contribution in [-0.4, -0.2) is 61.7 Å². The Balaban J connectivity index is 1.41. The van der Waals surface area contributed by atoms with Crippen LogP contribution in [0.3, 0.4) is 0 Å². The number of hydrogen-bond donors (Lipinski definition) is 1. The Morgan fingerprint density at radius 1 is 1.03 bits per heavy atom. The molecule has 0 unspecified atom stereocenters. The summed E-state index contributed by atoms with van der Waals surface area (Å²) in [5.74, 6) is 0.534. The van der Waals surface area contributed by atoms with E-state index in [0.717, 1.165) is 51.5 Å². The summed E-state index contributed by atoms with van der Waals surface area (Å²) in [4.78, 5) is 15.0. The van der Waals surface area contributed by atoms with E-state index in [1.54, 1.807) is 6.92 Å². The molecule has 0 amide bonds. The molecule has 5 fully saturated rings. The van der Waals surface area contributed by atoms with Crippen molar-refractivity contribution in [2.75, 3.05) is 32.8 Å². The van der Waals surface area contributed by atoms with Crippen LogP contribution in [0.5, 0.6) is 0 Å². The van der Waals surface area contributed by atoms with Crippen LogP contribution in [0.1, 0.15) is 85.0 Å². The molecule has 1 spiro atoms. The van der Waals surface area contributed by atoms with Gasteiger partial charge < -0.3 is 23.3 Å². The van der Waals surface area contributed by atoms with Crippen LogP contribution in [0.25, 0.3) is 0 Å². The fourth-order valence-electron chi connectivity index (χ4n) is 8.78. The highest BCUT2D eigenvalue weighted by Crippen LogP contribution is 2.65. The highest BCUT2D eigenvalue weighted by molar-refractivity contribution is 7.75. The Morgan fingerprint density at radius 2 is 1.74 bits per heavy atom. The molecule has 0 aromatic heterocycles. The minimum absolute atomic E-state index is 0.0730. The summed E-state index contributed by atoms with van der Waals surface area (Å²) in [6.45, 7) is 11.4. The molecule has 194 valence electrons. The monoisotopic (exact) mass is 495 g/mol. The van der Waals surface area contributed by atoms with Crippen LogP contribution in [-0.2, 0) is 23.2 Å². The van der Waals surface area contributed by atoms with E-state index in [1.807, 2.05) is 0 Å². The number of ether oxygens (including phenoxy) is 3. The van der Waals surface area contributed by atoms with Gasteiger partial charge in [-0.15, -0.1) is 0 Å². The van der Waals surface area contributed by atoms with E-state index in [9.17, 15) is 4.79 Å². The van der Waals surface area contributed by atoms with E-state index in [1.165, 1.54) is 32.4 Å². The lowest BCUT2D eigenvalue weighted by Gasteiger charge is -2.57. The predicted octanol–water partition coefficient (Wildman–Crippen LogP) is 5.01. The lowest BCUT2D eigenvalue weighted by atomic mass is 9.51. The standard InChI is InChI=1S/C27H45NO5S/c1-19(29)32-24-22(7-11-26(3)23(24)8-12-27(26)30-16-17-31-27)25(2)10-6-21(33-34)18-20(25)9-15-28-13-4-5-14-28/h20-24,34H,4-18H2,1-3H3/t20-,21-,22-,23-,24+,25-,26-/m0/s1. The SMILES string of the molecule is CC(=O)O[C@@H]1[C@@H]([C@@]2(C)CC[C@H](OS)C[C@@H]2CCN2CCCC2)CC[C@@]2(C)[C@H]1CCC21OCCO1. The molecule has 6 nitrogen and oxygen atoms in total. The van der Waals surface area contributed by atoms with E-state index < -0.39 is 5.79 Å². The third-order valence-corrected chi connectivity index (χ3v) is 11.1. The smallest absolute Gasteiger partial charge is 0.302 e. The van der Waals surface area contributed by atoms with Gasteiger partial charge in [0.2, 0.25) is 0 Å². The van der Waals surface area contributed by atoms with Gasteiger partial charge in [-0.3, -0.25) is 4.79 Å². The van der Waals surface area contributed by atoms with Crippen LogP contribution in [0.4, 0.5) is 0 Å². The first kappa shape index (κ1) is 25.3. The van der Waals surface area contributed by atoms with Gasteiger partial charge in [0.25, 0.3) is 0 Å². The molecule has 3 aliphatic carbocycles. The third-order valence-electron chi connectivity index (χ3n) is 10.8. The molecule has 2 aliphatic heterocycles. The van der Waals surface area contributed by atoms with Crippen molar-refractivity contribution in [3.8, 4) is 0 Å². The van der Waals surface area contributed by atoms with Gasteiger partial charge in [0, 0.05) is 30.6 Å². The highest BCUT2D eigenvalue weighted by Gasteiger charge is 2.67. The maximum absolute atomic E-state index is 12.4. The summed E-state index contributed by atoms with van der Waals surface area (Å²) in [5, 5.41) is 0. The number of carbonyl (C=O) groups excluding carboxylic acids is 1. The van der Waals surface area contributed by atoms with Gasteiger partial charge in [0.15, 0.2) is 5.79 Å². The number of carbonyl (C=O) groups is 1. The van der Waals surface area contributed by atoms with Crippen molar-refractivity contribution in [3.05, 3.63) is 0 Å². The number of nitrogens with zero attached hydrogens (tertiary/aromatic N) is 1. The average Bonchev–Trinajstić information content (AvgIpc) is 3.56. The molecule has 2 saturated heterocycles. The van der Waals surface area contributed by atoms with Gasteiger partial charge in [-0.2, -0.15) is 0 Å². The first-order chi connectivity index (χ1) is 16.3. The summed E-state index contributed by atoms with van der Waals surface area (Å²) >= 11 is 4.21. The van der Waals surface area contributed by atoms with Gasteiger partial charge in [0.05, 0.1) is 19.3 Å². The summed E-state index contributed by atoms with van der Waals surface area (Å²) < 4.78 is 24.4. The second-order valence-electron chi connectivity index (χ2n) is 12.3. The van der Waals surface area contributed by atoms with Gasteiger partial charge in [-0.25, -0.2) is 0 Å². The maximum atomic E-state index is 12.4. The maximum Gasteiger partial charge on any atom is 0.302 e. The lowest BCUT2D eigenvalue weighted by Crippen LogP contribution is -2.58. The number of rotatable bonds is 6. The average molecular weight is 496 g/mol.